The number of likely N-dealkylation sites (tertiary alicyclic amines) is 1. The highest BCUT2D eigenvalue weighted by Crippen LogP contribution is 2.17. The number of carbonyl (C=O) groups excluding carboxylic acids is 1. The van der Waals surface area contributed by atoms with Gasteiger partial charge in [0.05, 0.1) is 11.2 Å². The highest BCUT2D eigenvalue weighted by atomic mass is 35.5. The van der Waals surface area contributed by atoms with Crippen LogP contribution in [0.15, 0.2) is 6.20 Å². The Balaban J connectivity index is 1.99. The van der Waals surface area contributed by atoms with Crippen LogP contribution >= 0.6 is 11.6 Å². The summed E-state index contributed by atoms with van der Waals surface area (Å²) in [5, 5.41) is 3.23. The lowest BCUT2D eigenvalue weighted by Crippen LogP contribution is -2.31. The second-order valence-corrected chi connectivity index (χ2v) is 6.11. The molecular formula is C14H21ClN4O. The molecule has 1 aliphatic heterocycles. The third kappa shape index (κ3) is 3.67. The Bertz CT molecular complexity index is 492. The maximum absolute atomic E-state index is 12.2. The molecule has 0 aliphatic carbocycles. The van der Waals surface area contributed by atoms with E-state index in [1.54, 1.807) is 0 Å². The van der Waals surface area contributed by atoms with Gasteiger partial charge in [-0.25, -0.2) is 9.97 Å². The first-order chi connectivity index (χ1) is 9.47. The summed E-state index contributed by atoms with van der Waals surface area (Å²) >= 11 is 6.02. The lowest BCUT2D eigenvalue weighted by Gasteiger charge is -2.12. The molecule has 0 radical (unpaired) electrons. The van der Waals surface area contributed by atoms with Crippen molar-refractivity contribution in [3.8, 4) is 0 Å². The number of carbonyl (C=O) groups is 1. The lowest BCUT2D eigenvalue weighted by molar-refractivity contribution is 0.0942. The van der Waals surface area contributed by atoms with Crippen LogP contribution in [-0.2, 0) is 0 Å². The van der Waals surface area contributed by atoms with Crippen LogP contribution in [-0.4, -0.2) is 47.5 Å². The first kappa shape index (κ1) is 15.2. The molecule has 1 saturated heterocycles. The standard InChI is InChI=1S/C14H21ClN4O/c1-9(2)13-16-7-11(15)12(18-13)14(20)17-6-10-4-5-19(3)8-10/h7,9-10H,4-6,8H2,1-3H3,(H,17,20). The van der Waals surface area contributed by atoms with Gasteiger partial charge in [-0.3, -0.25) is 4.79 Å². The molecular weight excluding hydrogens is 276 g/mol. The summed E-state index contributed by atoms with van der Waals surface area (Å²) in [7, 11) is 2.10. The molecule has 2 rings (SSSR count). The van der Waals surface area contributed by atoms with Gasteiger partial charge in [-0.15, -0.1) is 0 Å². The number of amides is 1. The van der Waals surface area contributed by atoms with Crippen molar-refractivity contribution in [1.29, 1.82) is 0 Å². The number of aromatic nitrogens is 2. The van der Waals surface area contributed by atoms with E-state index in [0.29, 0.717) is 23.3 Å². The summed E-state index contributed by atoms with van der Waals surface area (Å²) in [5.74, 6) is 1.10. The van der Waals surface area contributed by atoms with Crippen molar-refractivity contribution >= 4 is 17.5 Å². The average Bonchev–Trinajstić information content (AvgIpc) is 2.82. The molecule has 1 aliphatic rings. The normalized spacial score (nSPS) is 19.6. The van der Waals surface area contributed by atoms with Gasteiger partial charge >= 0.3 is 0 Å². The second kappa shape index (κ2) is 6.50. The third-order valence-electron chi connectivity index (χ3n) is 3.53. The zero-order chi connectivity index (χ0) is 14.7. The van der Waals surface area contributed by atoms with E-state index in [9.17, 15) is 4.79 Å². The smallest absolute Gasteiger partial charge is 0.271 e. The molecule has 0 bridgehead atoms. The highest BCUT2D eigenvalue weighted by Gasteiger charge is 2.21. The fourth-order valence-electron chi connectivity index (χ4n) is 2.33. The predicted molar refractivity (Wildman–Crippen MR) is 79.1 cm³/mol. The molecule has 1 unspecified atom stereocenters. The number of nitrogens with zero attached hydrogens (tertiary/aromatic N) is 3. The summed E-state index contributed by atoms with van der Waals surface area (Å²) in [6.45, 7) is 6.75. The molecule has 1 N–H and O–H groups in total. The summed E-state index contributed by atoms with van der Waals surface area (Å²) in [5.41, 5.74) is 0.275. The van der Waals surface area contributed by atoms with Crippen molar-refractivity contribution in [3.05, 3.63) is 22.7 Å². The van der Waals surface area contributed by atoms with Gasteiger partial charge in [-0.05, 0) is 25.9 Å². The number of hydrogen-bond donors (Lipinski definition) is 1. The molecule has 0 aromatic carbocycles. The Labute approximate surface area is 124 Å². The lowest BCUT2D eigenvalue weighted by atomic mass is 10.1. The Morgan fingerprint density at radius 1 is 1.60 bits per heavy atom. The topological polar surface area (TPSA) is 58.1 Å². The maximum atomic E-state index is 12.2. The largest absolute Gasteiger partial charge is 0.350 e. The molecule has 110 valence electrons. The molecule has 1 fully saturated rings. The van der Waals surface area contributed by atoms with E-state index in [4.69, 9.17) is 11.6 Å². The molecule has 1 amide bonds. The maximum Gasteiger partial charge on any atom is 0.271 e. The van der Waals surface area contributed by atoms with Crippen LogP contribution in [0.4, 0.5) is 0 Å². The van der Waals surface area contributed by atoms with Gasteiger partial charge in [-0.1, -0.05) is 25.4 Å². The monoisotopic (exact) mass is 296 g/mol. The van der Waals surface area contributed by atoms with E-state index >= 15 is 0 Å². The summed E-state index contributed by atoms with van der Waals surface area (Å²) in [6, 6.07) is 0. The Morgan fingerprint density at radius 3 is 2.95 bits per heavy atom. The van der Waals surface area contributed by atoms with Gasteiger partial charge in [0.2, 0.25) is 0 Å². The van der Waals surface area contributed by atoms with Crippen LogP contribution < -0.4 is 5.32 Å². The van der Waals surface area contributed by atoms with E-state index in [1.807, 2.05) is 13.8 Å². The fraction of sp³-hybridized carbons (Fsp3) is 0.643. The van der Waals surface area contributed by atoms with E-state index in [1.165, 1.54) is 6.20 Å². The minimum atomic E-state index is -0.214. The SMILES string of the molecule is CC(C)c1ncc(Cl)c(C(=O)NCC2CCN(C)C2)n1. The summed E-state index contributed by atoms with van der Waals surface area (Å²) < 4.78 is 0. The van der Waals surface area contributed by atoms with E-state index in [2.05, 4.69) is 27.2 Å². The van der Waals surface area contributed by atoms with Gasteiger partial charge in [-0.2, -0.15) is 0 Å². The fourth-order valence-corrected chi connectivity index (χ4v) is 2.51. The second-order valence-electron chi connectivity index (χ2n) is 5.71. The average molecular weight is 297 g/mol. The van der Waals surface area contributed by atoms with E-state index in [-0.39, 0.29) is 17.5 Å². The zero-order valence-electron chi connectivity index (χ0n) is 12.2. The number of rotatable bonds is 4. The van der Waals surface area contributed by atoms with Crippen molar-refractivity contribution in [3.63, 3.8) is 0 Å². The zero-order valence-corrected chi connectivity index (χ0v) is 12.9. The molecule has 1 atom stereocenters. The van der Waals surface area contributed by atoms with Crippen LogP contribution in [0.2, 0.25) is 5.02 Å². The van der Waals surface area contributed by atoms with Gasteiger partial charge < -0.3 is 10.2 Å². The van der Waals surface area contributed by atoms with Gasteiger partial charge in [0.25, 0.3) is 5.91 Å². The van der Waals surface area contributed by atoms with Gasteiger partial charge in [0, 0.05) is 19.0 Å². The quantitative estimate of drug-likeness (QED) is 0.922. The van der Waals surface area contributed by atoms with E-state index in [0.717, 1.165) is 19.5 Å². The predicted octanol–water partition coefficient (Wildman–Crippen LogP) is 1.93. The molecule has 6 heteroatoms. The minimum Gasteiger partial charge on any atom is -0.350 e. The molecule has 5 nitrogen and oxygen atoms in total. The molecule has 1 aromatic rings. The molecule has 0 saturated carbocycles. The van der Waals surface area contributed by atoms with Crippen LogP contribution in [0.25, 0.3) is 0 Å². The van der Waals surface area contributed by atoms with Crippen LogP contribution in [0.3, 0.4) is 0 Å². The van der Waals surface area contributed by atoms with Crippen LogP contribution in [0, 0.1) is 5.92 Å². The third-order valence-corrected chi connectivity index (χ3v) is 3.81. The number of hydrogen-bond acceptors (Lipinski definition) is 4. The van der Waals surface area contributed by atoms with Gasteiger partial charge in [0.1, 0.15) is 11.5 Å². The van der Waals surface area contributed by atoms with Crippen molar-refractivity contribution in [2.24, 2.45) is 5.92 Å². The molecule has 0 spiro atoms. The molecule has 20 heavy (non-hydrogen) atoms. The Kier molecular flexibility index (Phi) is 4.94. The highest BCUT2D eigenvalue weighted by molar-refractivity contribution is 6.33. The molecule has 1 aromatic heterocycles. The Morgan fingerprint density at radius 2 is 2.35 bits per heavy atom. The minimum absolute atomic E-state index is 0.169. The summed E-state index contributed by atoms with van der Waals surface area (Å²) in [6.07, 6.45) is 2.62. The van der Waals surface area contributed by atoms with Crippen molar-refractivity contribution in [2.45, 2.75) is 26.2 Å². The number of halogens is 1. The van der Waals surface area contributed by atoms with Crippen LogP contribution in [0.1, 0.15) is 42.5 Å². The molecule has 2 heterocycles. The van der Waals surface area contributed by atoms with E-state index < -0.39 is 0 Å². The van der Waals surface area contributed by atoms with Gasteiger partial charge in [0.15, 0.2) is 0 Å². The van der Waals surface area contributed by atoms with Crippen molar-refractivity contribution in [1.82, 2.24) is 20.2 Å². The van der Waals surface area contributed by atoms with Crippen molar-refractivity contribution < 1.29 is 4.79 Å². The number of nitrogens with one attached hydrogen (secondary N) is 1. The first-order valence-electron chi connectivity index (χ1n) is 6.96. The summed E-state index contributed by atoms with van der Waals surface area (Å²) in [4.78, 5) is 22.9. The Hall–Kier alpha value is -1.20. The van der Waals surface area contributed by atoms with Crippen molar-refractivity contribution in [2.75, 3.05) is 26.7 Å². The van der Waals surface area contributed by atoms with Crippen LogP contribution in [0.5, 0.6) is 0 Å². The first-order valence-corrected chi connectivity index (χ1v) is 7.34.